The minimum atomic E-state index is -5.19. The quantitative estimate of drug-likeness (QED) is 0.0152. The van der Waals surface area contributed by atoms with E-state index >= 15 is 0 Å². The Bertz CT molecular complexity index is 6430. The summed E-state index contributed by atoms with van der Waals surface area (Å²) in [4.78, 5) is 158. The molecule has 0 saturated heterocycles. The molecule has 0 aliphatic heterocycles. The number of carbonyl (C=O) groups is 8. The number of halogens is 3. The summed E-state index contributed by atoms with van der Waals surface area (Å²) < 4.78 is 55.1. The number of ether oxygens (including phenoxy) is 3. The number of carbonyl (C=O) groups excluding carboxylic acids is 6. The SMILES string of the molecule is CC(=O)c1cc(=O)n2cc(C)ccc2c1.CC(=O)c1cc(=O)n2cc(O)ccc2c1.Cc1ccc(C)nc1.Cc1ccc(C=O)nc1.Cc1ccc(CO)nc1.Cc1ccc(O)cn1.O=C([O-])C(F)(F)F.[Ac].[B]C(=O)NCCCOc1ccc2cc(C(=O)O)cc(=O)n2c1.[B]C(=O)NCCCOc1ccc2cc(C)cc(=O)n2c1.[NH3+]CCCOc1ccc2cc(C(=O)O)cc(=O)n2c1. The van der Waals surface area contributed by atoms with Crippen LogP contribution in [0.25, 0.3) is 27.6 Å². The number of aryl methyl sites for hydroxylation is 7. The summed E-state index contributed by atoms with van der Waals surface area (Å²) in [6.07, 6.45) is 12.1. The standard InChI is InChI=1S/C14H13BN2O5.C14H15BN2O3.C13H14N2O4.C12H11NO2.C11H9NO3.C7H9NO.C7H7NO.C7H9N.C6H7NO.C2HF3O2.Ac/c15-14(21)16-4-1-5-22-11-3-2-10-6-9(13(19)20)7-12(18)17(10)8-11;1-10-7-11-3-4-12(9-17(11)13(18)8-10)20-6-2-5-16-14(15)19;14-4-1-5-19-11-3-2-10-6-9(13(17)18)7-12(16)15(10)8-11;1-8-3-4-11-5-10(9(2)14)6-12(15)13(11)7-8;1-7(13)8-4-9-2-3-10(14)6-12(9)11(15)5-8;2*1-6-2-3-7(5-9)8-4-6;1-6-3-4-7(2)8-5-6;1-5-2-3-6(8)4-7-5;3-2(4,5)1(6)7;/h2-3,6-8H,1,4-5H2,(H,16,21)(H,19,20);3-4,7-9H,2,5-6H2,1H3,(H,16,19);2-3,6-8H,1,4-5,14H2,(H,17,18);3-7H,1-2H3;2-6,14H,1H3;2-4,9H,5H2,1H3;2-5H,1H3;3-5H,1-2H3;2-4,8H,1H3;(H,6,7);. The molecule has 0 aliphatic carbocycles. The first kappa shape index (κ1) is 111. The van der Waals surface area contributed by atoms with Gasteiger partial charge >= 0.3 is 18.1 Å². The number of amides is 2. The maximum atomic E-state index is 11.9. The predicted octanol–water partition coefficient (Wildman–Crippen LogP) is 9.10. The number of aliphatic hydroxyl groups excluding tert-OH is 1. The Balaban J connectivity index is 0.000000316. The summed E-state index contributed by atoms with van der Waals surface area (Å²) in [7, 11) is 9.88. The van der Waals surface area contributed by atoms with Gasteiger partial charge in [0, 0.05) is 169 Å². The van der Waals surface area contributed by atoms with Crippen molar-refractivity contribution in [1.82, 2.24) is 52.6 Å². The van der Waals surface area contributed by atoms with Gasteiger partial charge in [0.05, 0.1) is 80.8 Å². The van der Waals surface area contributed by atoms with Crippen LogP contribution in [0.4, 0.5) is 22.8 Å². The van der Waals surface area contributed by atoms with Crippen LogP contribution >= 0.6 is 0 Å². The van der Waals surface area contributed by atoms with Crippen LogP contribution in [0.15, 0.2) is 250 Å². The van der Waals surface area contributed by atoms with Crippen molar-refractivity contribution in [1.29, 1.82) is 0 Å². The van der Waals surface area contributed by atoms with Gasteiger partial charge in [-0.25, -0.2) is 9.59 Å². The fourth-order valence-electron chi connectivity index (χ4n) is 10.6. The first-order valence-corrected chi connectivity index (χ1v) is 39.8. The normalized spacial score (nSPS) is 10.1. The van der Waals surface area contributed by atoms with E-state index < -0.39 is 46.8 Å². The second-order valence-corrected chi connectivity index (χ2v) is 28.4. The number of nitrogens with zero attached hydrogens (tertiary/aromatic N) is 9. The van der Waals surface area contributed by atoms with Crippen LogP contribution in [0.5, 0.6) is 28.7 Å². The number of ketones is 2. The molecule has 34 nitrogen and oxygen atoms in total. The van der Waals surface area contributed by atoms with Crippen molar-refractivity contribution >= 4 is 90.6 Å². The van der Waals surface area contributed by atoms with Crippen LogP contribution in [0.2, 0.25) is 0 Å². The third-order valence-corrected chi connectivity index (χ3v) is 17.3. The monoisotopic (exact) mass is 2040 g/mol. The number of aliphatic hydroxyl groups is 1. The molecule has 10 N–H and O–H groups in total. The van der Waals surface area contributed by atoms with Crippen LogP contribution < -0.4 is 63.5 Å². The molecule has 689 valence electrons. The molecule has 0 unspecified atom stereocenters. The van der Waals surface area contributed by atoms with E-state index in [0.29, 0.717) is 96.4 Å². The molecular formula is C93H95AcB2F3N12O22. The average Bonchev–Trinajstić information content (AvgIpc) is 0.824. The van der Waals surface area contributed by atoms with Gasteiger partial charge in [-0.3, -0.25) is 89.9 Å². The van der Waals surface area contributed by atoms with Crippen LogP contribution in [0.3, 0.4) is 0 Å². The fourth-order valence-corrected chi connectivity index (χ4v) is 10.6. The maximum absolute atomic E-state index is 11.9. The molecule has 2 amide bonds. The molecule has 0 aromatic carbocycles. The zero-order valence-corrected chi connectivity index (χ0v) is 78.5. The van der Waals surface area contributed by atoms with E-state index in [9.17, 15) is 75.8 Å². The molecule has 5 radical (unpaired) electrons. The molecule has 14 heterocycles. The molecule has 0 aliphatic rings. The molecule has 0 fully saturated rings. The van der Waals surface area contributed by atoms with Crippen molar-refractivity contribution in [2.24, 2.45) is 0 Å². The molecule has 14 aromatic rings. The zero-order valence-electron chi connectivity index (χ0n) is 73.8. The van der Waals surface area contributed by atoms with E-state index in [1.165, 1.54) is 81.5 Å². The number of rotatable bonds is 20. The van der Waals surface area contributed by atoms with Crippen molar-refractivity contribution < 1.29 is 146 Å². The van der Waals surface area contributed by atoms with Gasteiger partial charge in [0.25, 0.3) is 27.8 Å². The van der Waals surface area contributed by atoms with E-state index in [2.05, 4.69) is 42.4 Å². The molecule has 14 rings (SSSR count). The number of aromatic carboxylic acids is 2. The number of carboxylic acids is 3. The fraction of sp³-hybridized carbons (Fsp3) is 0.215. The number of pyridine rings is 14. The molecule has 0 spiro atoms. The third-order valence-electron chi connectivity index (χ3n) is 17.3. The number of alkyl halides is 3. The molecule has 14 aromatic heterocycles. The van der Waals surface area contributed by atoms with Crippen molar-refractivity contribution in [3.8, 4) is 28.7 Å². The summed E-state index contributed by atoms with van der Waals surface area (Å²) in [6, 6.07) is 46.3. The molecule has 0 bridgehead atoms. The second kappa shape index (κ2) is 56.1. The minimum Gasteiger partial charge on any atom is -0.542 e. The van der Waals surface area contributed by atoms with Gasteiger partial charge in [-0.2, -0.15) is 13.2 Å². The van der Waals surface area contributed by atoms with Gasteiger partial charge in [-0.1, -0.05) is 24.3 Å². The number of quaternary nitrogens is 1. The number of aromatic hydroxyl groups is 2. The van der Waals surface area contributed by atoms with E-state index in [0.717, 1.165) is 81.8 Å². The topological polar surface area (TPSA) is 499 Å². The Morgan fingerprint density at radius 2 is 0.782 bits per heavy atom. The van der Waals surface area contributed by atoms with E-state index in [-0.39, 0.29) is 102 Å². The van der Waals surface area contributed by atoms with Crippen LogP contribution in [-0.2, 0) is 11.4 Å². The van der Waals surface area contributed by atoms with E-state index in [4.69, 9.17) is 60.2 Å². The van der Waals surface area contributed by atoms with Crippen molar-refractivity contribution in [3.05, 3.63) is 350 Å². The summed E-state index contributed by atoms with van der Waals surface area (Å²) >= 11 is 0. The average molecular weight is 2040 g/mol. The molecule has 40 heteroatoms. The summed E-state index contributed by atoms with van der Waals surface area (Å²) in [5.74, 6) is -4.76. The van der Waals surface area contributed by atoms with Gasteiger partial charge in [0.2, 0.25) is 0 Å². The number of Topliss-reactive ketones (excluding diaryl/α,β-unsaturated/α-hetero) is 2. The Hall–Kier alpha value is -14.6. The summed E-state index contributed by atoms with van der Waals surface area (Å²) in [6.45, 7) is 19.5. The number of carboxylic acid groups (broad SMARTS) is 3. The van der Waals surface area contributed by atoms with Crippen molar-refractivity contribution in [2.45, 2.75) is 94.4 Å². The molecule has 133 heavy (non-hydrogen) atoms. The Labute approximate surface area is 796 Å². The zero-order chi connectivity index (χ0) is 97.9. The maximum Gasteiger partial charge on any atom is 0.430 e. The third kappa shape index (κ3) is 40.1. The van der Waals surface area contributed by atoms with E-state index in [1.54, 1.807) is 107 Å². The van der Waals surface area contributed by atoms with Crippen molar-refractivity contribution in [2.75, 3.05) is 39.5 Å². The van der Waals surface area contributed by atoms with Gasteiger partial charge < -0.3 is 66.0 Å². The number of aromatic nitrogens is 9. The van der Waals surface area contributed by atoms with Gasteiger partial charge in [0.1, 0.15) is 40.4 Å². The molecule has 0 saturated carbocycles. The van der Waals surface area contributed by atoms with Crippen LogP contribution in [0, 0.1) is 92.5 Å². The number of aldehydes is 1. The van der Waals surface area contributed by atoms with Crippen LogP contribution in [0.1, 0.15) is 130 Å². The first-order valence-electron chi connectivity index (χ1n) is 39.8. The number of fused-ring (bicyclic) bond motifs is 5. The smallest absolute Gasteiger partial charge is 0.430 e. The second-order valence-electron chi connectivity index (χ2n) is 28.4. The molecule has 0 atom stereocenters. The van der Waals surface area contributed by atoms with E-state index in [1.807, 2.05) is 109 Å². The minimum absolute atomic E-state index is 0. The Kier molecular flexibility index (Phi) is 46.7. The number of hydrogen-bond donors (Lipinski definition) is 8. The summed E-state index contributed by atoms with van der Waals surface area (Å²) in [5.41, 5.74) is 14.8. The van der Waals surface area contributed by atoms with Gasteiger partial charge in [-0.15, -0.1) is 0 Å². The predicted molar refractivity (Wildman–Crippen MR) is 484 cm³/mol. The molecular weight excluding hydrogens is 1940 g/mol. The van der Waals surface area contributed by atoms with Gasteiger partial charge in [-0.05, 0) is 218 Å². The van der Waals surface area contributed by atoms with Crippen molar-refractivity contribution in [3.63, 3.8) is 0 Å². The number of aliphatic carboxylic acids is 1. The first-order chi connectivity index (χ1) is 62.5. The van der Waals surface area contributed by atoms with Gasteiger partial charge in [0.15, 0.2) is 45.2 Å². The number of nitrogens with one attached hydrogen (secondary N) is 2. The number of hydrogen-bond acceptors (Lipinski definition) is 24. The van der Waals surface area contributed by atoms with Crippen LogP contribution in [-0.4, -0.2) is 176 Å². The Morgan fingerprint density at radius 3 is 1.13 bits per heavy atom. The largest absolute Gasteiger partial charge is 0.542 e. The Morgan fingerprint density at radius 1 is 0.436 bits per heavy atom. The summed E-state index contributed by atoms with van der Waals surface area (Å²) in [5, 5.41) is 58.0.